The number of anilines is 3. The van der Waals surface area contributed by atoms with Gasteiger partial charge in [0.1, 0.15) is 0 Å². The summed E-state index contributed by atoms with van der Waals surface area (Å²) in [5, 5.41) is 10.2. The van der Waals surface area contributed by atoms with Crippen molar-refractivity contribution in [2.24, 2.45) is 0 Å². The molecule has 0 aliphatic rings. The van der Waals surface area contributed by atoms with Gasteiger partial charge in [-0.05, 0) is 68.4 Å². The molecule has 9 aromatic rings. The van der Waals surface area contributed by atoms with Gasteiger partial charge >= 0.3 is 0 Å². The van der Waals surface area contributed by atoms with Crippen LogP contribution in [0.2, 0.25) is 0 Å². The molecule has 8 aromatic carbocycles. The minimum absolute atomic E-state index is 1.14. The molecule has 0 saturated carbocycles. The van der Waals surface area contributed by atoms with Crippen molar-refractivity contribution in [1.29, 1.82) is 0 Å². The van der Waals surface area contributed by atoms with Crippen molar-refractivity contribution in [2.75, 3.05) is 4.90 Å². The molecule has 1 nitrogen and oxygen atoms in total. The number of benzene rings is 8. The fraction of sp³-hybridized carbons (Fsp3) is 0. The molecule has 9 rings (SSSR count). The summed E-state index contributed by atoms with van der Waals surface area (Å²) in [6.07, 6.45) is 0. The number of hydrogen-bond donors (Lipinski definition) is 0. The van der Waals surface area contributed by atoms with Crippen molar-refractivity contribution in [2.45, 2.75) is 0 Å². The van der Waals surface area contributed by atoms with E-state index >= 15 is 0 Å². The summed E-state index contributed by atoms with van der Waals surface area (Å²) < 4.78 is 2.61. The third-order valence-electron chi connectivity index (χ3n) is 8.84. The Balaban J connectivity index is 1.29. The Morgan fingerprint density at radius 1 is 0.386 bits per heavy atom. The van der Waals surface area contributed by atoms with Crippen LogP contribution in [0.4, 0.5) is 17.1 Å². The van der Waals surface area contributed by atoms with Crippen molar-refractivity contribution in [3.05, 3.63) is 164 Å². The Morgan fingerprint density at radius 2 is 0.955 bits per heavy atom. The molecule has 0 aliphatic heterocycles. The minimum Gasteiger partial charge on any atom is -0.308 e. The van der Waals surface area contributed by atoms with Gasteiger partial charge in [0.15, 0.2) is 0 Å². The molecular weight excluding hydrogens is 551 g/mol. The molecule has 0 unspecified atom stereocenters. The van der Waals surface area contributed by atoms with Crippen LogP contribution in [0.1, 0.15) is 0 Å². The Hall–Kier alpha value is -5.44. The van der Waals surface area contributed by atoms with E-state index in [0.29, 0.717) is 0 Å². The summed E-state index contributed by atoms with van der Waals surface area (Å²) >= 11 is 1.89. The highest BCUT2D eigenvalue weighted by Crippen LogP contribution is 2.47. The second-order valence-corrected chi connectivity index (χ2v) is 12.4. The molecular formula is C42H27NS. The summed E-state index contributed by atoms with van der Waals surface area (Å²) in [6, 6.07) is 59.7. The zero-order valence-electron chi connectivity index (χ0n) is 23.9. The molecule has 1 heterocycles. The molecule has 0 N–H and O–H groups in total. The van der Waals surface area contributed by atoms with E-state index in [2.05, 4.69) is 169 Å². The topological polar surface area (TPSA) is 3.24 Å². The van der Waals surface area contributed by atoms with E-state index in [0.717, 1.165) is 5.69 Å². The molecule has 0 fully saturated rings. The quantitative estimate of drug-likeness (QED) is 0.201. The van der Waals surface area contributed by atoms with Gasteiger partial charge in [-0.2, -0.15) is 0 Å². The fourth-order valence-electron chi connectivity index (χ4n) is 6.81. The normalized spacial score (nSPS) is 11.6. The first-order valence-corrected chi connectivity index (χ1v) is 15.8. The van der Waals surface area contributed by atoms with Crippen LogP contribution in [0, 0.1) is 0 Å². The highest BCUT2D eigenvalue weighted by molar-refractivity contribution is 7.26. The molecule has 0 radical (unpaired) electrons. The van der Waals surface area contributed by atoms with Gasteiger partial charge in [0.2, 0.25) is 0 Å². The van der Waals surface area contributed by atoms with Crippen molar-refractivity contribution in [3.63, 3.8) is 0 Å². The number of thiophene rings is 1. The molecule has 0 spiro atoms. The molecule has 0 amide bonds. The van der Waals surface area contributed by atoms with Crippen molar-refractivity contribution in [1.82, 2.24) is 0 Å². The van der Waals surface area contributed by atoms with E-state index in [9.17, 15) is 0 Å². The molecule has 0 saturated heterocycles. The van der Waals surface area contributed by atoms with Crippen molar-refractivity contribution >= 4 is 80.9 Å². The Labute approximate surface area is 259 Å². The summed E-state index contributed by atoms with van der Waals surface area (Å²) in [6.45, 7) is 0. The molecule has 206 valence electrons. The van der Waals surface area contributed by atoms with Crippen LogP contribution in [0.3, 0.4) is 0 Å². The van der Waals surface area contributed by atoms with Gasteiger partial charge in [0.05, 0.1) is 16.1 Å². The van der Waals surface area contributed by atoms with Crippen LogP contribution in [0.15, 0.2) is 164 Å². The van der Waals surface area contributed by atoms with Gasteiger partial charge in [-0.1, -0.05) is 133 Å². The van der Waals surface area contributed by atoms with E-state index < -0.39 is 0 Å². The first kappa shape index (κ1) is 25.1. The third-order valence-corrected chi connectivity index (χ3v) is 10.0. The number of hydrogen-bond acceptors (Lipinski definition) is 2. The first-order valence-electron chi connectivity index (χ1n) is 15.0. The maximum absolute atomic E-state index is 2.45. The third kappa shape index (κ3) is 3.92. The Kier molecular flexibility index (Phi) is 5.75. The van der Waals surface area contributed by atoms with Gasteiger partial charge in [0, 0.05) is 26.5 Å². The van der Waals surface area contributed by atoms with Gasteiger partial charge in [-0.3, -0.25) is 0 Å². The summed E-state index contributed by atoms with van der Waals surface area (Å²) in [7, 11) is 0. The number of rotatable bonds is 4. The zero-order chi connectivity index (χ0) is 29.0. The summed E-state index contributed by atoms with van der Waals surface area (Å²) in [5.41, 5.74) is 5.98. The fourth-order valence-corrected chi connectivity index (χ4v) is 8.03. The molecule has 44 heavy (non-hydrogen) atoms. The lowest BCUT2D eigenvalue weighted by Gasteiger charge is -2.27. The predicted molar refractivity (Wildman–Crippen MR) is 192 cm³/mol. The maximum Gasteiger partial charge on any atom is 0.0640 e. The monoisotopic (exact) mass is 577 g/mol. The van der Waals surface area contributed by atoms with E-state index in [-0.39, 0.29) is 0 Å². The first-order chi connectivity index (χ1) is 21.8. The standard InChI is InChI=1S/C42H27NS/c1-4-15-33-28(10-1)13-7-18-34(33)31-22-25-32(26-23-31)43(38-20-8-14-29-11-2-5-16-35(29)38)39-21-9-19-37-41-36-17-6-3-12-30(36)24-27-40(41)44-42(37)39/h1-27H. The molecule has 0 aliphatic carbocycles. The van der Waals surface area contributed by atoms with E-state index in [4.69, 9.17) is 0 Å². The summed E-state index contributed by atoms with van der Waals surface area (Å²) in [4.78, 5) is 2.45. The van der Waals surface area contributed by atoms with Crippen LogP contribution in [0.25, 0.3) is 63.6 Å². The number of fused-ring (bicyclic) bond motifs is 7. The SMILES string of the molecule is c1ccc2c(-c3ccc(N(c4cccc5ccccc45)c4cccc5c4sc4ccc6ccccc6c45)cc3)cccc2c1. The van der Waals surface area contributed by atoms with Gasteiger partial charge < -0.3 is 4.90 Å². The lowest BCUT2D eigenvalue weighted by Crippen LogP contribution is -2.10. The minimum atomic E-state index is 1.14. The maximum atomic E-state index is 2.45. The lowest BCUT2D eigenvalue weighted by molar-refractivity contribution is 1.32. The van der Waals surface area contributed by atoms with Crippen molar-refractivity contribution in [3.8, 4) is 11.1 Å². The Bertz CT molecular complexity index is 2490. The largest absolute Gasteiger partial charge is 0.308 e. The Morgan fingerprint density at radius 3 is 1.75 bits per heavy atom. The second-order valence-electron chi connectivity index (χ2n) is 11.3. The molecule has 2 heteroatoms. The summed E-state index contributed by atoms with van der Waals surface area (Å²) in [5.74, 6) is 0. The zero-order valence-corrected chi connectivity index (χ0v) is 24.8. The van der Waals surface area contributed by atoms with Gasteiger partial charge in [0.25, 0.3) is 0 Å². The van der Waals surface area contributed by atoms with E-state index in [1.54, 1.807) is 0 Å². The van der Waals surface area contributed by atoms with Gasteiger partial charge in [-0.15, -0.1) is 11.3 Å². The van der Waals surface area contributed by atoms with Crippen LogP contribution in [-0.4, -0.2) is 0 Å². The highest BCUT2D eigenvalue weighted by atomic mass is 32.1. The van der Waals surface area contributed by atoms with Crippen LogP contribution in [0.5, 0.6) is 0 Å². The molecule has 0 atom stereocenters. The van der Waals surface area contributed by atoms with E-state index in [1.807, 2.05) is 11.3 Å². The molecule has 1 aromatic heterocycles. The van der Waals surface area contributed by atoms with Crippen LogP contribution >= 0.6 is 11.3 Å². The van der Waals surface area contributed by atoms with Crippen LogP contribution < -0.4 is 4.90 Å². The highest BCUT2D eigenvalue weighted by Gasteiger charge is 2.20. The van der Waals surface area contributed by atoms with Crippen LogP contribution in [-0.2, 0) is 0 Å². The average molecular weight is 578 g/mol. The second kappa shape index (κ2) is 10.1. The predicted octanol–water partition coefficient (Wildman–Crippen LogP) is 12.7. The average Bonchev–Trinajstić information content (AvgIpc) is 3.49. The molecule has 0 bridgehead atoms. The van der Waals surface area contributed by atoms with Gasteiger partial charge in [-0.25, -0.2) is 0 Å². The smallest absolute Gasteiger partial charge is 0.0640 e. The van der Waals surface area contributed by atoms with Crippen molar-refractivity contribution < 1.29 is 0 Å². The van der Waals surface area contributed by atoms with E-state index in [1.165, 1.54) is 75.0 Å². The lowest BCUT2D eigenvalue weighted by atomic mass is 9.98. The number of nitrogens with zero attached hydrogens (tertiary/aromatic N) is 1.